The van der Waals surface area contributed by atoms with Gasteiger partial charge in [0.25, 0.3) is 0 Å². The van der Waals surface area contributed by atoms with Gasteiger partial charge in [0.2, 0.25) is 5.91 Å². The lowest BCUT2D eigenvalue weighted by atomic mass is 10.2. The Balaban J connectivity index is 1.79. The van der Waals surface area contributed by atoms with Gasteiger partial charge < -0.3 is 15.5 Å². The summed E-state index contributed by atoms with van der Waals surface area (Å²) in [6.07, 6.45) is 3.60. The Labute approximate surface area is 121 Å². The number of benzene rings is 1. The van der Waals surface area contributed by atoms with Crippen molar-refractivity contribution in [2.45, 2.75) is 38.8 Å². The molecule has 1 aromatic carbocycles. The van der Waals surface area contributed by atoms with Gasteiger partial charge in [-0.2, -0.15) is 0 Å². The van der Waals surface area contributed by atoms with Gasteiger partial charge in [0, 0.05) is 31.9 Å². The number of likely N-dealkylation sites (N-methyl/N-ethyl adjacent to an activating group) is 1. The summed E-state index contributed by atoms with van der Waals surface area (Å²) in [7, 11) is 1.95. The SMILES string of the molecule is CCCNC(=O)CN(C)c1ccc(CNC2CC2)cc1. The number of rotatable bonds is 8. The van der Waals surface area contributed by atoms with Crippen molar-refractivity contribution in [2.75, 3.05) is 25.0 Å². The van der Waals surface area contributed by atoms with Crippen LogP contribution in [-0.2, 0) is 11.3 Å². The van der Waals surface area contributed by atoms with Crippen LogP contribution in [0.2, 0.25) is 0 Å². The summed E-state index contributed by atoms with van der Waals surface area (Å²) in [5, 5.41) is 6.39. The van der Waals surface area contributed by atoms with Crippen molar-refractivity contribution in [2.24, 2.45) is 0 Å². The number of carbonyl (C=O) groups is 1. The zero-order valence-electron chi connectivity index (χ0n) is 12.5. The molecule has 0 bridgehead atoms. The fourth-order valence-electron chi connectivity index (χ4n) is 2.04. The number of hydrogen-bond donors (Lipinski definition) is 2. The van der Waals surface area contributed by atoms with Crippen molar-refractivity contribution >= 4 is 11.6 Å². The van der Waals surface area contributed by atoms with Gasteiger partial charge in [-0.1, -0.05) is 19.1 Å². The highest BCUT2D eigenvalue weighted by Crippen LogP contribution is 2.20. The summed E-state index contributed by atoms with van der Waals surface area (Å²) >= 11 is 0. The molecule has 0 aliphatic heterocycles. The molecule has 20 heavy (non-hydrogen) atoms. The minimum atomic E-state index is 0.0776. The third-order valence-electron chi connectivity index (χ3n) is 3.50. The van der Waals surface area contributed by atoms with Crippen LogP contribution in [0.3, 0.4) is 0 Å². The van der Waals surface area contributed by atoms with Gasteiger partial charge in [-0.05, 0) is 37.0 Å². The van der Waals surface area contributed by atoms with Gasteiger partial charge in [-0.3, -0.25) is 4.79 Å². The molecule has 0 heterocycles. The predicted molar refractivity (Wildman–Crippen MR) is 82.9 cm³/mol. The van der Waals surface area contributed by atoms with E-state index in [0.717, 1.165) is 31.2 Å². The zero-order chi connectivity index (χ0) is 14.4. The lowest BCUT2D eigenvalue weighted by Crippen LogP contribution is -2.35. The van der Waals surface area contributed by atoms with Gasteiger partial charge >= 0.3 is 0 Å². The first-order valence-electron chi connectivity index (χ1n) is 7.49. The van der Waals surface area contributed by atoms with Crippen LogP contribution in [0.15, 0.2) is 24.3 Å². The molecule has 0 saturated heterocycles. The Morgan fingerprint density at radius 1 is 1.30 bits per heavy atom. The third kappa shape index (κ3) is 4.85. The molecule has 4 nitrogen and oxygen atoms in total. The summed E-state index contributed by atoms with van der Waals surface area (Å²) in [6, 6.07) is 9.16. The largest absolute Gasteiger partial charge is 0.365 e. The maximum Gasteiger partial charge on any atom is 0.239 e. The maximum atomic E-state index is 11.7. The topological polar surface area (TPSA) is 44.4 Å². The van der Waals surface area contributed by atoms with Crippen molar-refractivity contribution in [1.82, 2.24) is 10.6 Å². The molecule has 2 rings (SSSR count). The number of nitrogens with one attached hydrogen (secondary N) is 2. The Bertz CT molecular complexity index is 426. The molecule has 2 N–H and O–H groups in total. The van der Waals surface area contributed by atoms with Gasteiger partial charge in [-0.25, -0.2) is 0 Å². The minimum Gasteiger partial charge on any atom is -0.365 e. The highest BCUT2D eigenvalue weighted by atomic mass is 16.2. The van der Waals surface area contributed by atoms with E-state index in [2.05, 4.69) is 41.8 Å². The first-order chi connectivity index (χ1) is 9.69. The van der Waals surface area contributed by atoms with Crippen molar-refractivity contribution in [3.05, 3.63) is 29.8 Å². The average Bonchev–Trinajstić information content (AvgIpc) is 3.27. The number of carbonyl (C=O) groups excluding carboxylic acids is 1. The van der Waals surface area contributed by atoms with Crippen LogP contribution in [0, 0.1) is 0 Å². The second-order valence-corrected chi connectivity index (χ2v) is 5.53. The van der Waals surface area contributed by atoms with Gasteiger partial charge in [0.15, 0.2) is 0 Å². The van der Waals surface area contributed by atoms with Crippen LogP contribution in [0.1, 0.15) is 31.7 Å². The molecule has 4 heteroatoms. The van der Waals surface area contributed by atoms with Gasteiger partial charge in [-0.15, -0.1) is 0 Å². The number of nitrogens with zero attached hydrogens (tertiary/aromatic N) is 1. The van der Waals surface area contributed by atoms with Crippen molar-refractivity contribution < 1.29 is 4.79 Å². The van der Waals surface area contributed by atoms with Crippen molar-refractivity contribution in [3.8, 4) is 0 Å². The molecule has 1 aromatic rings. The molecule has 1 fully saturated rings. The quantitative estimate of drug-likeness (QED) is 0.761. The summed E-state index contributed by atoms with van der Waals surface area (Å²) in [6.45, 7) is 4.14. The highest BCUT2D eigenvalue weighted by Gasteiger charge is 2.19. The number of anilines is 1. The molecule has 0 unspecified atom stereocenters. The Kier molecular flexibility index (Phi) is 5.41. The van der Waals surface area contributed by atoms with Crippen LogP contribution in [0.4, 0.5) is 5.69 Å². The minimum absolute atomic E-state index is 0.0776. The van der Waals surface area contributed by atoms with Gasteiger partial charge in [0.05, 0.1) is 6.54 Å². The highest BCUT2D eigenvalue weighted by molar-refractivity contribution is 5.81. The summed E-state index contributed by atoms with van der Waals surface area (Å²) in [4.78, 5) is 13.6. The first kappa shape index (κ1) is 14.9. The molecule has 0 atom stereocenters. The van der Waals surface area contributed by atoms with Crippen molar-refractivity contribution in [1.29, 1.82) is 0 Å². The molecular formula is C16H25N3O. The lowest BCUT2D eigenvalue weighted by molar-refractivity contribution is -0.119. The maximum absolute atomic E-state index is 11.7. The van der Waals surface area contributed by atoms with E-state index >= 15 is 0 Å². The second-order valence-electron chi connectivity index (χ2n) is 5.53. The fraction of sp³-hybridized carbons (Fsp3) is 0.562. The van der Waals surface area contributed by atoms with E-state index in [9.17, 15) is 4.79 Å². The molecule has 1 aliphatic carbocycles. The van der Waals surface area contributed by atoms with E-state index in [1.54, 1.807) is 0 Å². The van der Waals surface area contributed by atoms with Crippen LogP contribution in [0.5, 0.6) is 0 Å². The van der Waals surface area contributed by atoms with Crippen molar-refractivity contribution in [3.63, 3.8) is 0 Å². The molecule has 1 aliphatic rings. The lowest BCUT2D eigenvalue weighted by Gasteiger charge is -2.19. The Hall–Kier alpha value is -1.55. The molecule has 0 radical (unpaired) electrons. The molecule has 1 saturated carbocycles. The Morgan fingerprint density at radius 3 is 2.60 bits per heavy atom. The monoisotopic (exact) mass is 275 g/mol. The summed E-state index contributed by atoms with van der Waals surface area (Å²) < 4.78 is 0. The van der Waals surface area contributed by atoms with Crippen LogP contribution in [-0.4, -0.2) is 32.1 Å². The van der Waals surface area contributed by atoms with E-state index in [1.807, 2.05) is 11.9 Å². The molecule has 0 spiro atoms. The van der Waals surface area contributed by atoms with Crippen LogP contribution >= 0.6 is 0 Å². The van der Waals surface area contributed by atoms with Gasteiger partial charge in [0.1, 0.15) is 0 Å². The normalized spacial score (nSPS) is 14.1. The van der Waals surface area contributed by atoms with E-state index in [4.69, 9.17) is 0 Å². The second kappa shape index (κ2) is 7.29. The summed E-state index contributed by atoms with van der Waals surface area (Å²) in [5.74, 6) is 0.0776. The van der Waals surface area contributed by atoms with E-state index < -0.39 is 0 Å². The number of amides is 1. The Morgan fingerprint density at radius 2 is 2.00 bits per heavy atom. The van der Waals surface area contributed by atoms with E-state index in [1.165, 1.54) is 18.4 Å². The van der Waals surface area contributed by atoms with Crippen LogP contribution < -0.4 is 15.5 Å². The fourth-order valence-corrected chi connectivity index (χ4v) is 2.04. The third-order valence-corrected chi connectivity index (χ3v) is 3.50. The average molecular weight is 275 g/mol. The zero-order valence-corrected chi connectivity index (χ0v) is 12.5. The first-order valence-corrected chi connectivity index (χ1v) is 7.49. The predicted octanol–water partition coefficient (Wildman–Crippen LogP) is 1.90. The van der Waals surface area contributed by atoms with E-state index in [0.29, 0.717) is 6.54 Å². The van der Waals surface area contributed by atoms with E-state index in [-0.39, 0.29) is 5.91 Å². The van der Waals surface area contributed by atoms with Crippen LogP contribution in [0.25, 0.3) is 0 Å². The number of hydrogen-bond acceptors (Lipinski definition) is 3. The molecule has 0 aromatic heterocycles. The smallest absolute Gasteiger partial charge is 0.239 e. The molecule has 1 amide bonds. The molecule has 110 valence electrons. The molecular weight excluding hydrogens is 250 g/mol. The standard InChI is InChI=1S/C16H25N3O/c1-3-10-17-16(20)12-19(2)15-8-4-13(5-9-15)11-18-14-6-7-14/h4-5,8-9,14,18H,3,6-7,10-12H2,1-2H3,(H,17,20). The summed E-state index contributed by atoms with van der Waals surface area (Å²) in [5.41, 5.74) is 2.37.